The van der Waals surface area contributed by atoms with E-state index in [-0.39, 0.29) is 22.1 Å². The van der Waals surface area contributed by atoms with Gasteiger partial charge < -0.3 is 10.1 Å². The minimum Gasteiger partial charge on any atom is -0.492 e. The number of carbonyl (C=O) groups is 1. The standard InChI is InChI=1S/C23H31N3O4S/c1-23(2,3)19-6-8-20(9-7-19)30-16-13-25-22(27)18-10-14-26(15-11-18)31(28,29)21-5-4-12-24-17-21/h4-9,12,17-18H,10-11,13-16H2,1-3H3,(H,25,27). The van der Waals surface area contributed by atoms with Crippen LogP contribution in [-0.2, 0) is 20.2 Å². The number of ether oxygens (including phenoxy) is 1. The van der Waals surface area contributed by atoms with Gasteiger partial charge >= 0.3 is 0 Å². The van der Waals surface area contributed by atoms with Gasteiger partial charge in [-0.25, -0.2) is 8.42 Å². The van der Waals surface area contributed by atoms with E-state index in [4.69, 9.17) is 4.74 Å². The highest BCUT2D eigenvalue weighted by Crippen LogP contribution is 2.25. The number of hydrogen-bond acceptors (Lipinski definition) is 5. The Labute approximate surface area is 184 Å². The molecule has 1 amide bonds. The van der Waals surface area contributed by atoms with Crippen molar-refractivity contribution in [3.8, 4) is 5.75 Å². The van der Waals surface area contributed by atoms with Crippen molar-refractivity contribution in [3.63, 3.8) is 0 Å². The van der Waals surface area contributed by atoms with Gasteiger partial charge in [-0.3, -0.25) is 9.78 Å². The van der Waals surface area contributed by atoms with Crippen molar-refractivity contribution < 1.29 is 17.9 Å². The Morgan fingerprint density at radius 2 is 1.84 bits per heavy atom. The molecule has 0 bridgehead atoms. The molecule has 1 fully saturated rings. The monoisotopic (exact) mass is 445 g/mol. The molecular weight excluding hydrogens is 414 g/mol. The molecule has 0 saturated carbocycles. The predicted molar refractivity (Wildman–Crippen MR) is 119 cm³/mol. The second kappa shape index (κ2) is 9.78. The van der Waals surface area contributed by atoms with Crippen molar-refractivity contribution in [2.75, 3.05) is 26.2 Å². The Morgan fingerprint density at radius 3 is 2.42 bits per heavy atom. The topological polar surface area (TPSA) is 88.6 Å². The van der Waals surface area contributed by atoms with Crippen molar-refractivity contribution in [2.24, 2.45) is 5.92 Å². The summed E-state index contributed by atoms with van der Waals surface area (Å²) in [4.78, 5) is 16.5. The van der Waals surface area contributed by atoms with Crippen LogP contribution in [0.25, 0.3) is 0 Å². The van der Waals surface area contributed by atoms with E-state index in [1.54, 1.807) is 12.3 Å². The third-order valence-electron chi connectivity index (χ3n) is 5.49. The van der Waals surface area contributed by atoms with Crippen molar-refractivity contribution >= 4 is 15.9 Å². The fraction of sp³-hybridized carbons (Fsp3) is 0.478. The molecule has 0 spiro atoms. The first-order valence-corrected chi connectivity index (χ1v) is 12.0. The second-order valence-electron chi connectivity index (χ2n) is 8.78. The van der Waals surface area contributed by atoms with Crippen LogP contribution in [0.3, 0.4) is 0 Å². The molecule has 1 N–H and O–H groups in total. The molecule has 0 radical (unpaired) electrons. The maximum Gasteiger partial charge on any atom is 0.244 e. The van der Waals surface area contributed by atoms with Gasteiger partial charge in [0.25, 0.3) is 0 Å². The van der Waals surface area contributed by atoms with E-state index in [1.807, 2.05) is 12.1 Å². The van der Waals surface area contributed by atoms with Gasteiger partial charge in [-0.15, -0.1) is 0 Å². The molecule has 8 heteroatoms. The molecule has 1 aliphatic heterocycles. The van der Waals surface area contributed by atoms with Crippen LogP contribution >= 0.6 is 0 Å². The predicted octanol–water partition coefficient (Wildman–Crippen LogP) is 2.98. The molecule has 0 atom stereocenters. The normalized spacial score (nSPS) is 16.1. The summed E-state index contributed by atoms with van der Waals surface area (Å²) < 4.78 is 32.5. The molecule has 1 aromatic heterocycles. The number of sulfonamides is 1. The quantitative estimate of drug-likeness (QED) is 0.662. The van der Waals surface area contributed by atoms with E-state index in [0.29, 0.717) is 39.1 Å². The number of rotatable bonds is 7. The molecule has 7 nitrogen and oxygen atoms in total. The summed E-state index contributed by atoms with van der Waals surface area (Å²) in [5.74, 6) is 0.535. The number of hydrogen-bond donors (Lipinski definition) is 1. The molecule has 31 heavy (non-hydrogen) atoms. The summed E-state index contributed by atoms with van der Waals surface area (Å²) in [5, 5.41) is 2.90. The van der Waals surface area contributed by atoms with Crippen LogP contribution in [0.1, 0.15) is 39.2 Å². The van der Waals surface area contributed by atoms with Crippen LogP contribution < -0.4 is 10.1 Å². The average molecular weight is 446 g/mol. The molecule has 1 aliphatic rings. The van der Waals surface area contributed by atoms with Gasteiger partial charge in [0.05, 0.1) is 6.54 Å². The lowest BCUT2D eigenvalue weighted by molar-refractivity contribution is -0.126. The summed E-state index contributed by atoms with van der Waals surface area (Å²) in [7, 11) is -3.56. The first kappa shape index (κ1) is 23.2. The fourth-order valence-corrected chi connectivity index (χ4v) is 4.98. The third-order valence-corrected chi connectivity index (χ3v) is 7.37. The van der Waals surface area contributed by atoms with Gasteiger partial charge in [-0.2, -0.15) is 4.31 Å². The minimum atomic E-state index is -3.56. The van der Waals surface area contributed by atoms with E-state index in [9.17, 15) is 13.2 Å². The van der Waals surface area contributed by atoms with Crippen molar-refractivity contribution in [3.05, 3.63) is 54.4 Å². The molecule has 1 saturated heterocycles. The molecular formula is C23H31N3O4S. The molecule has 1 aromatic carbocycles. The van der Waals surface area contributed by atoms with Gasteiger partial charge in [0.15, 0.2) is 0 Å². The van der Waals surface area contributed by atoms with E-state index >= 15 is 0 Å². The highest BCUT2D eigenvalue weighted by Gasteiger charge is 2.32. The summed E-state index contributed by atoms with van der Waals surface area (Å²) in [5.41, 5.74) is 1.34. The maximum atomic E-state index is 12.7. The summed E-state index contributed by atoms with van der Waals surface area (Å²) in [6.45, 7) is 7.94. The Morgan fingerprint density at radius 1 is 1.16 bits per heavy atom. The molecule has 0 unspecified atom stereocenters. The van der Waals surface area contributed by atoms with E-state index < -0.39 is 10.0 Å². The van der Waals surface area contributed by atoms with Crippen molar-refractivity contribution in [1.29, 1.82) is 0 Å². The van der Waals surface area contributed by atoms with Gasteiger partial charge in [0, 0.05) is 31.4 Å². The first-order chi connectivity index (χ1) is 14.7. The minimum absolute atomic E-state index is 0.0508. The lowest BCUT2D eigenvalue weighted by Gasteiger charge is -2.30. The molecule has 2 heterocycles. The fourth-order valence-electron chi connectivity index (χ4n) is 3.55. The van der Waals surface area contributed by atoms with Gasteiger partial charge in [-0.05, 0) is 48.1 Å². The number of piperidine rings is 1. The first-order valence-electron chi connectivity index (χ1n) is 10.6. The van der Waals surface area contributed by atoms with E-state index in [1.165, 1.54) is 22.1 Å². The number of amides is 1. The maximum absolute atomic E-state index is 12.7. The smallest absolute Gasteiger partial charge is 0.244 e. The largest absolute Gasteiger partial charge is 0.492 e. The number of pyridine rings is 1. The van der Waals surface area contributed by atoms with Crippen LogP contribution in [-0.4, -0.2) is 49.9 Å². The Kier molecular flexibility index (Phi) is 7.33. The van der Waals surface area contributed by atoms with Crippen LogP contribution in [0.2, 0.25) is 0 Å². The van der Waals surface area contributed by atoms with Gasteiger partial charge in [0.2, 0.25) is 15.9 Å². The number of benzene rings is 1. The SMILES string of the molecule is CC(C)(C)c1ccc(OCCNC(=O)C2CCN(S(=O)(=O)c3cccnc3)CC2)cc1. The average Bonchev–Trinajstić information content (AvgIpc) is 2.77. The molecule has 2 aromatic rings. The van der Waals surface area contributed by atoms with Crippen LogP contribution in [0.4, 0.5) is 0 Å². The van der Waals surface area contributed by atoms with Crippen LogP contribution in [0.15, 0.2) is 53.7 Å². The Balaban J connectivity index is 1.40. The molecule has 0 aliphatic carbocycles. The lowest BCUT2D eigenvalue weighted by Crippen LogP contribution is -2.43. The van der Waals surface area contributed by atoms with Gasteiger partial charge in [-0.1, -0.05) is 32.9 Å². The highest BCUT2D eigenvalue weighted by atomic mass is 32.2. The third kappa shape index (κ3) is 6.04. The number of nitrogens with zero attached hydrogens (tertiary/aromatic N) is 2. The summed E-state index contributed by atoms with van der Waals surface area (Å²) in [6.07, 6.45) is 3.89. The van der Waals surface area contributed by atoms with Gasteiger partial charge in [0.1, 0.15) is 17.3 Å². The Hall–Kier alpha value is -2.45. The molecule has 168 valence electrons. The number of carbonyl (C=O) groups excluding carboxylic acids is 1. The Bertz CT molecular complexity index is 962. The van der Waals surface area contributed by atoms with E-state index in [0.717, 1.165) is 5.75 Å². The summed E-state index contributed by atoms with van der Waals surface area (Å²) in [6, 6.07) is 11.1. The molecule has 3 rings (SSSR count). The zero-order valence-corrected chi connectivity index (χ0v) is 19.2. The zero-order chi connectivity index (χ0) is 22.5. The number of aromatic nitrogens is 1. The zero-order valence-electron chi connectivity index (χ0n) is 18.4. The highest BCUT2D eigenvalue weighted by molar-refractivity contribution is 7.89. The van der Waals surface area contributed by atoms with Crippen LogP contribution in [0, 0.1) is 5.92 Å². The summed E-state index contributed by atoms with van der Waals surface area (Å²) >= 11 is 0. The second-order valence-corrected chi connectivity index (χ2v) is 10.7. The number of nitrogens with one attached hydrogen (secondary N) is 1. The lowest BCUT2D eigenvalue weighted by atomic mass is 9.87. The van der Waals surface area contributed by atoms with Crippen molar-refractivity contribution in [2.45, 2.75) is 43.9 Å². The van der Waals surface area contributed by atoms with Crippen molar-refractivity contribution in [1.82, 2.24) is 14.6 Å². The van der Waals surface area contributed by atoms with Crippen LogP contribution in [0.5, 0.6) is 5.75 Å². The van der Waals surface area contributed by atoms with E-state index in [2.05, 4.69) is 43.2 Å².